The Kier molecular flexibility index (Phi) is 7.21. The van der Waals surface area contributed by atoms with Gasteiger partial charge in [0.15, 0.2) is 0 Å². The van der Waals surface area contributed by atoms with Gasteiger partial charge in [-0.15, -0.1) is 0 Å². The van der Waals surface area contributed by atoms with Crippen molar-refractivity contribution >= 4 is 11.8 Å². The highest BCUT2D eigenvalue weighted by atomic mass is 19.1. The van der Waals surface area contributed by atoms with Gasteiger partial charge in [0.2, 0.25) is 11.8 Å². The fraction of sp³-hybridized carbons (Fsp3) is 0.417. The molecule has 0 aliphatic carbocycles. The number of amides is 2. The summed E-state index contributed by atoms with van der Waals surface area (Å²) < 4.78 is 18.8. The number of benzene rings is 2. The van der Waals surface area contributed by atoms with Gasteiger partial charge < -0.3 is 14.5 Å². The quantitative estimate of drug-likeness (QED) is 0.731. The molecule has 30 heavy (non-hydrogen) atoms. The number of likely N-dealkylation sites (tertiary alicyclic amines) is 1. The molecule has 0 bridgehead atoms. The molecule has 1 fully saturated rings. The van der Waals surface area contributed by atoms with Gasteiger partial charge in [0.1, 0.15) is 12.4 Å². The predicted molar refractivity (Wildman–Crippen MR) is 113 cm³/mol. The second-order valence-electron chi connectivity index (χ2n) is 8.05. The molecule has 160 valence electrons. The van der Waals surface area contributed by atoms with E-state index in [4.69, 9.17) is 4.74 Å². The van der Waals surface area contributed by atoms with Crippen molar-refractivity contribution in [2.45, 2.75) is 25.8 Å². The van der Waals surface area contributed by atoms with E-state index >= 15 is 0 Å². The molecule has 0 unspecified atom stereocenters. The number of nitrogens with zero attached hydrogens (tertiary/aromatic N) is 2. The number of carbonyl (C=O) groups is 2. The Hall–Kier alpha value is -2.73. The van der Waals surface area contributed by atoms with Gasteiger partial charge in [0.05, 0.1) is 5.92 Å². The molecular formula is C24H29FN2O3. The fourth-order valence-corrected chi connectivity index (χ4v) is 4.11. The Bertz CT molecular complexity index is 887. The zero-order valence-corrected chi connectivity index (χ0v) is 17.8. The van der Waals surface area contributed by atoms with Gasteiger partial charge in [-0.3, -0.25) is 9.59 Å². The van der Waals surface area contributed by atoms with E-state index in [0.29, 0.717) is 31.6 Å². The van der Waals surface area contributed by atoms with Crippen molar-refractivity contribution in [3.05, 3.63) is 71.0 Å². The first kappa shape index (κ1) is 22.0. The summed E-state index contributed by atoms with van der Waals surface area (Å²) >= 11 is 0. The molecule has 2 atom stereocenters. The summed E-state index contributed by atoms with van der Waals surface area (Å²) in [5, 5.41) is 0. The highest BCUT2D eigenvalue weighted by molar-refractivity contribution is 5.82. The third-order valence-electron chi connectivity index (χ3n) is 5.71. The number of ether oxygens (including phenoxy) is 1. The number of halogens is 1. The van der Waals surface area contributed by atoms with Crippen molar-refractivity contribution in [3.8, 4) is 0 Å². The number of hydrogen-bond acceptors (Lipinski definition) is 3. The van der Waals surface area contributed by atoms with Crippen LogP contribution in [0.4, 0.5) is 4.39 Å². The van der Waals surface area contributed by atoms with Crippen LogP contribution < -0.4 is 0 Å². The number of aryl methyl sites for hydroxylation is 1. The van der Waals surface area contributed by atoms with Crippen molar-refractivity contribution < 1.29 is 18.7 Å². The van der Waals surface area contributed by atoms with Crippen LogP contribution in [0.3, 0.4) is 0 Å². The van der Waals surface area contributed by atoms with Gasteiger partial charge in [-0.1, -0.05) is 42.5 Å². The highest BCUT2D eigenvalue weighted by Gasteiger charge is 2.35. The molecule has 2 amide bonds. The summed E-state index contributed by atoms with van der Waals surface area (Å²) in [6.45, 7) is 3.10. The lowest BCUT2D eigenvalue weighted by atomic mass is 9.83. The maximum Gasteiger partial charge on any atom is 0.248 e. The molecule has 2 aromatic rings. The van der Waals surface area contributed by atoms with Crippen molar-refractivity contribution in [2.75, 3.05) is 33.9 Å². The van der Waals surface area contributed by atoms with Gasteiger partial charge in [-0.25, -0.2) is 4.39 Å². The second-order valence-corrected chi connectivity index (χ2v) is 8.05. The molecule has 5 nitrogen and oxygen atoms in total. The topological polar surface area (TPSA) is 49.9 Å². The number of methoxy groups -OCH3 is 1. The summed E-state index contributed by atoms with van der Waals surface area (Å²) in [6, 6.07) is 14.9. The van der Waals surface area contributed by atoms with E-state index in [1.54, 1.807) is 29.8 Å². The standard InChI is InChI=1S/C24H29FN2O3/c1-17-11-19(9-10-22(17)25)20-12-21(15-27(14-20)23(28)16-30-3)24(29)26(2)13-18-7-5-4-6-8-18/h4-11,20-21H,12-16H2,1-3H3/t20-,21+/m1/s1. The van der Waals surface area contributed by atoms with Gasteiger partial charge in [0, 0.05) is 39.7 Å². The SMILES string of the molecule is COCC(=O)N1C[C@@H](C(=O)N(C)Cc2ccccc2)C[C@@H](c2ccc(F)c(C)c2)C1. The molecule has 6 heteroatoms. The molecule has 0 aromatic heterocycles. The van der Waals surface area contributed by atoms with Crippen LogP contribution in [0.2, 0.25) is 0 Å². The van der Waals surface area contributed by atoms with Gasteiger partial charge in [-0.05, 0) is 36.1 Å². The van der Waals surface area contributed by atoms with E-state index in [1.165, 1.54) is 13.2 Å². The number of hydrogen-bond donors (Lipinski definition) is 0. The molecule has 1 heterocycles. The summed E-state index contributed by atoms with van der Waals surface area (Å²) in [7, 11) is 3.28. The Morgan fingerprint density at radius 3 is 2.57 bits per heavy atom. The van der Waals surface area contributed by atoms with E-state index in [1.807, 2.05) is 36.4 Å². The fourth-order valence-electron chi connectivity index (χ4n) is 4.11. The maximum absolute atomic E-state index is 13.7. The summed E-state index contributed by atoms with van der Waals surface area (Å²) in [5.41, 5.74) is 2.58. The Morgan fingerprint density at radius 2 is 1.90 bits per heavy atom. The van der Waals surface area contributed by atoms with Crippen molar-refractivity contribution in [2.24, 2.45) is 5.92 Å². The maximum atomic E-state index is 13.7. The van der Waals surface area contributed by atoms with E-state index in [2.05, 4.69) is 0 Å². The summed E-state index contributed by atoms with van der Waals surface area (Å²) in [5.74, 6) is -0.721. The number of piperidine rings is 1. The third kappa shape index (κ3) is 5.25. The Balaban J connectivity index is 1.80. The minimum absolute atomic E-state index is 0.0117. The van der Waals surface area contributed by atoms with E-state index in [0.717, 1.165) is 11.1 Å². The molecule has 0 radical (unpaired) electrons. The van der Waals surface area contributed by atoms with Crippen LogP contribution in [-0.2, 0) is 20.9 Å². The van der Waals surface area contributed by atoms with Crippen LogP contribution in [0.1, 0.15) is 29.0 Å². The predicted octanol–water partition coefficient (Wildman–Crippen LogP) is 3.37. The first-order valence-electron chi connectivity index (χ1n) is 10.2. The third-order valence-corrected chi connectivity index (χ3v) is 5.71. The molecule has 0 N–H and O–H groups in total. The first-order valence-corrected chi connectivity index (χ1v) is 10.2. The monoisotopic (exact) mass is 412 g/mol. The highest BCUT2D eigenvalue weighted by Crippen LogP contribution is 2.32. The van der Waals surface area contributed by atoms with Crippen LogP contribution in [0.15, 0.2) is 48.5 Å². The molecule has 1 saturated heterocycles. The van der Waals surface area contributed by atoms with Crippen LogP contribution in [0, 0.1) is 18.7 Å². The zero-order valence-electron chi connectivity index (χ0n) is 17.8. The van der Waals surface area contributed by atoms with Gasteiger partial charge in [0.25, 0.3) is 0 Å². The lowest BCUT2D eigenvalue weighted by molar-refractivity contribution is -0.142. The molecule has 2 aromatic carbocycles. The van der Waals surface area contributed by atoms with Crippen molar-refractivity contribution in [3.63, 3.8) is 0 Å². The number of carbonyl (C=O) groups excluding carboxylic acids is 2. The Labute approximate surface area is 177 Å². The Morgan fingerprint density at radius 1 is 1.17 bits per heavy atom. The molecule has 1 aliphatic rings. The van der Waals surface area contributed by atoms with E-state index < -0.39 is 0 Å². The number of rotatable bonds is 6. The molecule has 0 saturated carbocycles. The lowest BCUT2D eigenvalue weighted by Gasteiger charge is -2.38. The average Bonchev–Trinajstić information content (AvgIpc) is 2.75. The van der Waals surface area contributed by atoms with Gasteiger partial charge >= 0.3 is 0 Å². The largest absolute Gasteiger partial charge is 0.375 e. The second kappa shape index (κ2) is 9.85. The van der Waals surface area contributed by atoms with E-state index in [-0.39, 0.29) is 36.1 Å². The minimum atomic E-state index is -0.316. The van der Waals surface area contributed by atoms with Gasteiger partial charge in [-0.2, -0.15) is 0 Å². The van der Waals surface area contributed by atoms with Crippen molar-refractivity contribution in [1.82, 2.24) is 9.80 Å². The van der Waals surface area contributed by atoms with Crippen LogP contribution in [-0.4, -0.2) is 55.5 Å². The zero-order chi connectivity index (χ0) is 21.7. The van der Waals surface area contributed by atoms with Crippen LogP contribution in [0.5, 0.6) is 0 Å². The molecule has 1 aliphatic heterocycles. The normalized spacial score (nSPS) is 18.9. The van der Waals surface area contributed by atoms with Crippen LogP contribution >= 0.6 is 0 Å². The smallest absolute Gasteiger partial charge is 0.248 e. The minimum Gasteiger partial charge on any atom is -0.375 e. The summed E-state index contributed by atoms with van der Waals surface area (Å²) in [4.78, 5) is 29.2. The van der Waals surface area contributed by atoms with Crippen LogP contribution in [0.25, 0.3) is 0 Å². The molecule has 0 spiro atoms. The average molecular weight is 413 g/mol. The summed E-state index contributed by atoms with van der Waals surface area (Å²) in [6.07, 6.45) is 0.625. The molecular weight excluding hydrogens is 383 g/mol. The first-order chi connectivity index (χ1) is 14.4. The van der Waals surface area contributed by atoms with E-state index in [9.17, 15) is 14.0 Å². The molecule has 3 rings (SSSR count). The lowest BCUT2D eigenvalue weighted by Crippen LogP contribution is -2.49. The van der Waals surface area contributed by atoms with Crippen molar-refractivity contribution in [1.29, 1.82) is 0 Å².